The van der Waals surface area contributed by atoms with Gasteiger partial charge in [0.05, 0.1) is 0 Å². The summed E-state index contributed by atoms with van der Waals surface area (Å²) in [5.74, 6) is 1.53. The van der Waals surface area contributed by atoms with E-state index in [0.717, 1.165) is 22.4 Å². The van der Waals surface area contributed by atoms with Gasteiger partial charge in [0, 0.05) is 24.1 Å². The highest BCUT2D eigenvalue weighted by Crippen LogP contribution is 2.20. The third-order valence-corrected chi connectivity index (χ3v) is 4.72. The third kappa shape index (κ3) is 5.79. The first-order valence-electron chi connectivity index (χ1n) is 10.1. The lowest BCUT2D eigenvalue weighted by Gasteiger charge is -2.08. The Balaban J connectivity index is 1.25. The van der Waals surface area contributed by atoms with Gasteiger partial charge in [0.25, 0.3) is 0 Å². The number of anilines is 1. The number of aromatic nitrogens is 2. The van der Waals surface area contributed by atoms with Gasteiger partial charge in [-0.2, -0.15) is 0 Å². The zero-order chi connectivity index (χ0) is 21.5. The Hall–Kier alpha value is -3.93. The van der Waals surface area contributed by atoms with Crippen molar-refractivity contribution in [1.82, 2.24) is 10.2 Å². The molecule has 6 heteroatoms. The first-order chi connectivity index (χ1) is 15.2. The number of nitrogens with zero attached hydrogens (tertiary/aromatic N) is 2. The second-order valence-electron chi connectivity index (χ2n) is 7.21. The van der Waals surface area contributed by atoms with Gasteiger partial charge >= 0.3 is 0 Å². The summed E-state index contributed by atoms with van der Waals surface area (Å²) in [6.07, 6.45) is 0.630. The van der Waals surface area contributed by atoms with E-state index < -0.39 is 0 Å². The minimum absolute atomic E-state index is 0.118. The molecule has 0 aliphatic rings. The fourth-order valence-corrected chi connectivity index (χ4v) is 2.99. The molecule has 1 amide bonds. The van der Waals surface area contributed by atoms with Crippen LogP contribution in [0.5, 0.6) is 5.75 Å². The number of hydrogen-bond acceptors (Lipinski definition) is 5. The predicted octanol–water partition coefficient (Wildman–Crippen LogP) is 5.20. The van der Waals surface area contributed by atoms with Gasteiger partial charge in [0.2, 0.25) is 17.7 Å². The van der Waals surface area contributed by atoms with E-state index in [1.807, 2.05) is 85.8 Å². The van der Waals surface area contributed by atoms with Gasteiger partial charge in [-0.05, 0) is 48.9 Å². The number of ether oxygens (including phenoxy) is 1. The van der Waals surface area contributed by atoms with Crippen molar-refractivity contribution in [1.29, 1.82) is 0 Å². The molecule has 4 rings (SSSR count). The molecule has 1 heterocycles. The summed E-state index contributed by atoms with van der Waals surface area (Å²) in [5, 5.41) is 11.0. The summed E-state index contributed by atoms with van der Waals surface area (Å²) in [6.45, 7) is 2.52. The zero-order valence-corrected chi connectivity index (χ0v) is 17.2. The van der Waals surface area contributed by atoms with E-state index >= 15 is 0 Å². The molecule has 0 unspecified atom stereocenters. The molecule has 0 atom stereocenters. The first kappa shape index (κ1) is 20.3. The minimum atomic E-state index is -0.118. The molecule has 1 N–H and O–H groups in total. The third-order valence-electron chi connectivity index (χ3n) is 4.72. The number of carbonyl (C=O) groups excluding carboxylic acids is 1. The smallest absolute Gasteiger partial charge is 0.247 e. The van der Waals surface area contributed by atoms with Crippen molar-refractivity contribution in [2.24, 2.45) is 0 Å². The Kier molecular flexibility index (Phi) is 6.38. The Morgan fingerprint density at radius 3 is 2.42 bits per heavy atom. The number of hydrogen-bond donors (Lipinski definition) is 1. The summed E-state index contributed by atoms with van der Waals surface area (Å²) in [4.78, 5) is 12.3. The zero-order valence-electron chi connectivity index (χ0n) is 17.2. The Morgan fingerprint density at radius 2 is 1.68 bits per heavy atom. The summed E-state index contributed by atoms with van der Waals surface area (Å²) < 4.78 is 11.4. The van der Waals surface area contributed by atoms with Gasteiger partial charge in [-0.15, -0.1) is 10.2 Å². The molecule has 0 fully saturated rings. The first-order valence-corrected chi connectivity index (χ1v) is 10.1. The lowest BCUT2D eigenvalue weighted by Crippen LogP contribution is -2.12. The van der Waals surface area contributed by atoms with Gasteiger partial charge in [0.1, 0.15) is 12.4 Å². The lowest BCUT2D eigenvalue weighted by molar-refractivity contribution is -0.116. The molecular weight excluding hydrogens is 390 g/mol. The number of carbonyl (C=O) groups is 1. The van der Waals surface area contributed by atoms with Crippen LogP contribution in [-0.2, 0) is 17.8 Å². The Labute approximate surface area is 180 Å². The van der Waals surface area contributed by atoms with Crippen LogP contribution in [-0.4, -0.2) is 16.1 Å². The van der Waals surface area contributed by atoms with Crippen molar-refractivity contribution in [3.8, 4) is 17.2 Å². The highest BCUT2D eigenvalue weighted by atomic mass is 16.5. The fourth-order valence-electron chi connectivity index (χ4n) is 2.99. The maximum atomic E-state index is 12.3. The van der Waals surface area contributed by atoms with Crippen LogP contribution in [0.15, 0.2) is 83.3 Å². The highest BCUT2D eigenvalue weighted by Gasteiger charge is 2.11. The second-order valence-corrected chi connectivity index (χ2v) is 7.21. The Morgan fingerprint density at radius 1 is 0.935 bits per heavy atom. The van der Waals surface area contributed by atoms with Crippen molar-refractivity contribution >= 4 is 11.6 Å². The number of aryl methyl sites for hydroxylation is 2. The summed E-state index contributed by atoms with van der Waals surface area (Å²) in [5.41, 5.74) is 3.84. The summed E-state index contributed by atoms with van der Waals surface area (Å²) in [6, 6.07) is 25.1. The van der Waals surface area contributed by atoms with E-state index in [1.165, 1.54) is 0 Å². The van der Waals surface area contributed by atoms with E-state index in [1.54, 1.807) is 0 Å². The van der Waals surface area contributed by atoms with Gasteiger partial charge in [0.15, 0.2) is 0 Å². The molecule has 31 heavy (non-hydrogen) atoms. The maximum absolute atomic E-state index is 12.3. The number of benzene rings is 3. The average Bonchev–Trinajstić information content (AvgIpc) is 3.28. The van der Waals surface area contributed by atoms with Gasteiger partial charge in [-0.3, -0.25) is 4.79 Å². The van der Waals surface area contributed by atoms with Crippen LogP contribution in [0.2, 0.25) is 0 Å². The predicted molar refractivity (Wildman–Crippen MR) is 119 cm³/mol. The molecule has 4 aromatic rings. The Bertz CT molecular complexity index is 1120. The normalized spacial score (nSPS) is 10.6. The van der Waals surface area contributed by atoms with Crippen molar-refractivity contribution < 1.29 is 13.9 Å². The standard InChI is InChI=1S/C25H23N3O3/c1-18-7-9-20(10-8-18)25-28-27-24(31-25)16-15-23(29)26-21-11-13-22(14-12-21)30-17-19-5-3-2-4-6-19/h2-14H,15-17H2,1H3,(H,26,29). The highest BCUT2D eigenvalue weighted by molar-refractivity contribution is 5.90. The second kappa shape index (κ2) is 9.71. The van der Waals surface area contributed by atoms with E-state index in [2.05, 4.69) is 15.5 Å². The van der Waals surface area contributed by atoms with Gasteiger partial charge in [-0.25, -0.2) is 0 Å². The minimum Gasteiger partial charge on any atom is -0.489 e. The van der Waals surface area contributed by atoms with Crippen LogP contribution in [0.25, 0.3) is 11.5 Å². The fraction of sp³-hybridized carbons (Fsp3) is 0.160. The molecule has 0 aliphatic heterocycles. The maximum Gasteiger partial charge on any atom is 0.247 e. The van der Waals surface area contributed by atoms with Crippen molar-refractivity contribution in [2.75, 3.05) is 5.32 Å². The van der Waals surface area contributed by atoms with Crippen molar-refractivity contribution in [3.05, 3.63) is 95.9 Å². The molecule has 0 bridgehead atoms. The molecule has 6 nitrogen and oxygen atoms in total. The van der Waals surface area contributed by atoms with Crippen LogP contribution < -0.4 is 10.1 Å². The quantitative estimate of drug-likeness (QED) is 0.430. The summed E-state index contributed by atoms with van der Waals surface area (Å²) in [7, 11) is 0. The topological polar surface area (TPSA) is 77.2 Å². The molecule has 1 aromatic heterocycles. The number of amides is 1. The average molecular weight is 413 g/mol. The molecule has 0 spiro atoms. The van der Waals surface area contributed by atoms with E-state index in [4.69, 9.17) is 9.15 Å². The van der Waals surface area contributed by atoms with E-state index in [9.17, 15) is 4.79 Å². The van der Waals surface area contributed by atoms with Gasteiger partial charge in [-0.1, -0.05) is 48.0 Å². The van der Waals surface area contributed by atoms with E-state index in [-0.39, 0.29) is 12.3 Å². The molecule has 0 radical (unpaired) electrons. The monoisotopic (exact) mass is 413 g/mol. The lowest BCUT2D eigenvalue weighted by atomic mass is 10.1. The molecule has 0 saturated carbocycles. The number of nitrogens with one attached hydrogen (secondary N) is 1. The van der Waals surface area contributed by atoms with Gasteiger partial charge < -0.3 is 14.5 Å². The molecule has 0 saturated heterocycles. The van der Waals surface area contributed by atoms with Crippen LogP contribution >= 0.6 is 0 Å². The molecule has 3 aromatic carbocycles. The number of rotatable bonds is 8. The van der Waals surface area contributed by atoms with Crippen molar-refractivity contribution in [2.45, 2.75) is 26.4 Å². The molecule has 0 aliphatic carbocycles. The van der Waals surface area contributed by atoms with Crippen LogP contribution in [0.4, 0.5) is 5.69 Å². The SMILES string of the molecule is Cc1ccc(-c2nnc(CCC(=O)Nc3ccc(OCc4ccccc4)cc3)o2)cc1. The van der Waals surface area contributed by atoms with Crippen LogP contribution in [0.1, 0.15) is 23.4 Å². The molecular formula is C25H23N3O3. The van der Waals surface area contributed by atoms with Crippen LogP contribution in [0.3, 0.4) is 0 Å². The van der Waals surface area contributed by atoms with Crippen LogP contribution in [0, 0.1) is 6.92 Å². The summed E-state index contributed by atoms with van der Waals surface area (Å²) >= 11 is 0. The molecule has 156 valence electrons. The van der Waals surface area contributed by atoms with Crippen molar-refractivity contribution in [3.63, 3.8) is 0 Å². The largest absolute Gasteiger partial charge is 0.489 e. The van der Waals surface area contributed by atoms with E-state index in [0.29, 0.717) is 30.5 Å².